The van der Waals surface area contributed by atoms with E-state index in [-0.39, 0.29) is 17.6 Å². The van der Waals surface area contributed by atoms with E-state index in [0.29, 0.717) is 45.2 Å². The van der Waals surface area contributed by atoms with Crippen LogP contribution in [0.15, 0.2) is 85.3 Å². The minimum absolute atomic E-state index is 0.140. The second-order valence-corrected chi connectivity index (χ2v) is 8.30. The van der Waals surface area contributed by atoms with E-state index in [0.717, 1.165) is 0 Å². The van der Waals surface area contributed by atoms with Gasteiger partial charge in [-0.05, 0) is 48.5 Å². The van der Waals surface area contributed by atoms with Gasteiger partial charge in [-0.1, -0.05) is 12.1 Å². The summed E-state index contributed by atoms with van der Waals surface area (Å²) in [6.45, 7) is 0. The third-order valence-corrected chi connectivity index (χ3v) is 5.84. The average Bonchev–Trinajstić information content (AvgIpc) is 3.42. The predicted octanol–water partition coefficient (Wildman–Crippen LogP) is 4.90. The number of carbonyl (C=O) groups is 2. The molecule has 3 N–H and O–H groups in total. The van der Waals surface area contributed by atoms with Crippen LogP contribution in [0.3, 0.4) is 0 Å². The van der Waals surface area contributed by atoms with Gasteiger partial charge < -0.3 is 25.1 Å². The lowest BCUT2D eigenvalue weighted by molar-refractivity contribution is 0.0962. The number of rotatable bonds is 7. The Morgan fingerprint density at radius 2 is 1.74 bits per heavy atom. The van der Waals surface area contributed by atoms with Crippen LogP contribution in [0.4, 0.5) is 21.6 Å². The van der Waals surface area contributed by atoms with Crippen LogP contribution in [-0.4, -0.2) is 40.3 Å². The average molecular weight is 511 g/mol. The fraction of sp³-hybridized carbons (Fsp3) is 0.0714. The fourth-order valence-corrected chi connectivity index (χ4v) is 3.91. The normalized spacial score (nSPS) is 10.7. The molecule has 0 aliphatic carbocycles. The Morgan fingerprint density at radius 1 is 0.947 bits per heavy atom. The Kier molecular flexibility index (Phi) is 6.68. The summed E-state index contributed by atoms with van der Waals surface area (Å²) in [6, 6.07) is 18.2. The topological polar surface area (TPSA) is 110 Å². The summed E-state index contributed by atoms with van der Waals surface area (Å²) < 4.78 is 21.0. The summed E-state index contributed by atoms with van der Waals surface area (Å²) in [6.07, 6.45) is 5.22. The summed E-state index contributed by atoms with van der Waals surface area (Å²) in [5, 5.41) is 8.52. The van der Waals surface area contributed by atoms with Crippen molar-refractivity contribution in [2.75, 3.05) is 24.8 Å². The lowest BCUT2D eigenvalue weighted by atomic mass is 10.1. The smallest absolute Gasteiger partial charge is 0.255 e. The van der Waals surface area contributed by atoms with Gasteiger partial charge in [0.25, 0.3) is 11.8 Å². The molecule has 0 fully saturated rings. The van der Waals surface area contributed by atoms with E-state index in [1.165, 1.54) is 19.2 Å². The third-order valence-electron chi connectivity index (χ3n) is 5.84. The standard InChI is InChI=1S/C28H23FN6O3/c1-30-27(36)17-6-8-20(9-7-17)33-28(37)19-5-3-4-18(14-19)23-16-35-13-12-31-26(35)25(34-23)32-21-10-11-24(38-2)22(29)15-21/h3-16H,1-2H3,(H,30,36)(H,32,34)(H,33,37). The molecular formula is C28H23FN6O3. The molecule has 2 heterocycles. The molecule has 190 valence electrons. The van der Waals surface area contributed by atoms with Gasteiger partial charge in [0.2, 0.25) is 0 Å². The van der Waals surface area contributed by atoms with Gasteiger partial charge in [-0.2, -0.15) is 0 Å². The van der Waals surface area contributed by atoms with Crippen molar-refractivity contribution in [2.24, 2.45) is 0 Å². The van der Waals surface area contributed by atoms with E-state index in [2.05, 4.69) is 20.9 Å². The number of fused-ring (bicyclic) bond motifs is 1. The zero-order valence-electron chi connectivity index (χ0n) is 20.5. The number of hydrogen-bond acceptors (Lipinski definition) is 6. The number of carbonyl (C=O) groups excluding carboxylic acids is 2. The summed E-state index contributed by atoms with van der Waals surface area (Å²) in [5.74, 6) is -0.460. The third kappa shape index (κ3) is 5.00. The molecule has 0 unspecified atom stereocenters. The molecular weight excluding hydrogens is 487 g/mol. The van der Waals surface area contributed by atoms with Crippen molar-refractivity contribution in [1.29, 1.82) is 0 Å². The number of nitrogens with one attached hydrogen (secondary N) is 3. The maximum atomic E-state index is 14.2. The monoisotopic (exact) mass is 510 g/mol. The predicted molar refractivity (Wildman–Crippen MR) is 142 cm³/mol. The number of imidazole rings is 1. The van der Waals surface area contributed by atoms with Gasteiger partial charge in [0.15, 0.2) is 23.0 Å². The number of halogens is 1. The van der Waals surface area contributed by atoms with Gasteiger partial charge in [0.1, 0.15) is 0 Å². The van der Waals surface area contributed by atoms with Crippen molar-refractivity contribution < 1.29 is 18.7 Å². The van der Waals surface area contributed by atoms with E-state index in [4.69, 9.17) is 9.72 Å². The van der Waals surface area contributed by atoms with Gasteiger partial charge in [-0.25, -0.2) is 14.4 Å². The van der Waals surface area contributed by atoms with Crippen LogP contribution >= 0.6 is 0 Å². The van der Waals surface area contributed by atoms with Crippen LogP contribution in [0.1, 0.15) is 20.7 Å². The van der Waals surface area contributed by atoms with Crippen molar-refractivity contribution in [3.05, 3.63) is 102 Å². The van der Waals surface area contributed by atoms with Gasteiger partial charge in [0, 0.05) is 59.8 Å². The molecule has 0 aliphatic rings. The minimum Gasteiger partial charge on any atom is -0.494 e. The summed E-state index contributed by atoms with van der Waals surface area (Å²) in [5.41, 5.74) is 3.80. The van der Waals surface area contributed by atoms with Crippen molar-refractivity contribution >= 4 is 34.7 Å². The highest BCUT2D eigenvalue weighted by Crippen LogP contribution is 2.27. The number of amides is 2. The molecule has 0 atom stereocenters. The van der Waals surface area contributed by atoms with Crippen LogP contribution in [0, 0.1) is 5.82 Å². The maximum Gasteiger partial charge on any atom is 0.255 e. The van der Waals surface area contributed by atoms with Crippen molar-refractivity contribution in [3.63, 3.8) is 0 Å². The molecule has 0 saturated heterocycles. The highest BCUT2D eigenvalue weighted by Gasteiger charge is 2.14. The molecule has 0 bridgehead atoms. The highest BCUT2D eigenvalue weighted by molar-refractivity contribution is 6.05. The van der Waals surface area contributed by atoms with E-state index in [1.807, 2.05) is 6.07 Å². The number of nitrogens with zero attached hydrogens (tertiary/aromatic N) is 3. The first kappa shape index (κ1) is 24.4. The quantitative estimate of drug-likeness (QED) is 0.287. The second-order valence-electron chi connectivity index (χ2n) is 8.30. The molecule has 5 rings (SSSR count). The van der Waals surface area contributed by atoms with E-state index in [9.17, 15) is 14.0 Å². The molecule has 2 amide bonds. The number of methoxy groups -OCH3 is 1. The number of benzene rings is 3. The Hall–Kier alpha value is -5.25. The summed E-state index contributed by atoms with van der Waals surface area (Å²) in [7, 11) is 2.96. The number of aromatic nitrogens is 3. The Labute approximate surface area is 217 Å². The molecule has 0 spiro atoms. The molecule has 9 nitrogen and oxygen atoms in total. The maximum absolute atomic E-state index is 14.2. The van der Waals surface area contributed by atoms with Crippen molar-refractivity contribution in [3.8, 4) is 17.0 Å². The summed E-state index contributed by atoms with van der Waals surface area (Å²) in [4.78, 5) is 33.8. The Balaban J connectivity index is 1.42. The van der Waals surface area contributed by atoms with Crippen LogP contribution in [-0.2, 0) is 0 Å². The van der Waals surface area contributed by atoms with E-state index in [1.54, 1.807) is 78.6 Å². The Morgan fingerprint density at radius 3 is 2.47 bits per heavy atom. The lowest BCUT2D eigenvalue weighted by Crippen LogP contribution is -2.17. The van der Waals surface area contributed by atoms with Crippen molar-refractivity contribution in [2.45, 2.75) is 0 Å². The van der Waals surface area contributed by atoms with Gasteiger partial charge >= 0.3 is 0 Å². The first-order chi connectivity index (χ1) is 18.4. The Bertz CT molecular complexity index is 1650. The molecule has 0 saturated carbocycles. The lowest BCUT2D eigenvalue weighted by Gasteiger charge is -2.12. The molecule has 38 heavy (non-hydrogen) atoms. The van der Waals surface area contributed by atoms with Gasteiger partial charge in [-0.3, -0.25) is 9.59 Å². The molecule has 0 aliphatic heterocycles. The minimum atomic E-state index is -0.505. The molecule has 10 heteroatoms. The SMILES string of the molecule is CNC(=O)c1ccc(NC(=O)c2cccc(-c3cn4ccnc4c(Nc4ccc(OC)c(F)c4)n3)c2)cc1. The number of ether oxygens (including phenoxy) is 1. The first-order valence-electron chi connectivity index (χ1n) is 11.6. The summed E-state index contributed by atoms with van der Waals surface area (Å²) >= 11 is 0. The van der Waals surface area contributed by atoms with E-state index >= 15 is 0 Å². The van der Waals surface area contributed by atoms with Crippen LogP contribution in [0.2, 0.25) is 0 Å². The fourth-order valence-electron chi connectivity index (χ4n) is 3.91. The van der Waals surface area contributed by atoms with Crippen LogP contribution < -0.4 is 20.7 Å². The van der Waals surface area contributed by atoms with E-state index < -0.39 is 5.82 Å². The zero-order chi connectivity index (χ0) is 26.6. The number of hydrogen-bond donors (Lipinski definition) is 3. The second kappa shape index (κ2) is 10.4. The first-order valence-corrected chi connectivity index (χ1v) is 11.6. The van der Waals surface area contributed by atoms with Crippen molar-refractivity contribution in [1.82, 2.24) is 19.7 Å². The largest absolute Gasteiger partial charge is 0.494 e. The molecule has 5 aromatic rings. The zero-order valence-corrected chi connectivity index (χ0v) is 20.5. The van der Waals surface area contributed by atoms with Gasteiger partial charge in [0.05, 0.1) is 12.8 Å². The van der Waals surface area contributed by atoms with Crippen LogP contribution in [0.5, 0.6) is 5.75 Å². The number of anilines is 3. The highest BCUT2D eigenvalue weighted by atomic mass is 19.1. The molecule has 3 aromatic carbocycles. The molecule has 2 aromatic heterocycles. The van der Waals surface area contributed by atoms with Crippen LogP contribution in [0.25, 0.3) is 16.9 Å². The van der Waals surface area contributed by atoms with Gasteiger partial charge in [-0.15, -0.1) is 0 Å². The molecule has 0 radical (unpaired) electrons.